The highest BCUT2D eigenvalue weighted by atomic mass is 16.5. The van der Waals surface area contributed by atoms with Crippen LogP contribution < -0.4 is 4.74 Å². The number of carbonyl (C=O) groups excluding carboxylic acids is 1. The second-order valence-electron chi connectivity index (χ2n) is 7.53. The zero-order chi connectivity index (χ0) is 18.5. The maximum atomic E-state index is 12.5. The Labute approximate surface area is 143 Å². The number of fused-ring (bicyclic) bond motifs is 1. The highest BCUT2D eigenvalue weighted by molar-refractivity contribution is 6.00. The fourth-order valence-corrected chi connectivity index (χ4v) is 3.29. The summed E-state index contributed by atoms with van der Waals surface area (Å²) in [6.45, 7) is 20.9. The Bertz CT molecular complexity index is 487. The average molecular weight is 321 g/mol. The first-order valence-electron chi connectivity index (χ1n) is 8.90. The molecular weight excluding hydrogens is 284 g/mol. The summed E-state index contributed by atoms with van der Waals surface area (Å²) in [5.41, 5.74) is 0.000499. The quantitative estimate of drug-likeness (QED) is 0.543. The van der Waals surface area contributed by atoms with Crippen LogP contribution in [-0.2, 0) is 0 Å². The molecule has 0 saturated heterocycles. The second-order valence-corrected chi connectivity index (χ2v) is 7.53. The first kappa shape index (κ1) is 21.7. The van der Waals surface area contributed by atoms with Crippen LogP contribution >= 0.6 is 0 Å². The highest BCUT2D eigenvalue weighted by Gasteiger charge is 2.56. The number of Topliss-reactive ketones (excluding diaryl/α,β-unsaturated/α-hetero) is 1. The topological polar surface area (TPSA) is 26.3 Å². The van der Waals surface area contributed by atoms with Crippen LogP contribution in [0.4, 0.5) is 0 Å². The van der Waals surface area contributed by atoms with E-state index in [1.165, 1.54) is 0 Å². The van der Waals surface area contributed by atoms with Gasteiger partial charge in [0.05, 0.1) is 12.0 Å². The van der Waals surface area contributed by atoms with E-state index in [9.17, 15) is 4.79 Å². The van der Waals surface area contributed by atoms with Crippen LogP contribution in [0.15, 0.2) is 24.3 Å². The van der Waals surface area contributed by atoms with Gasteiger partial charge in [-0.25, -0.2) is 0 Å². The molecule has 1 heterocycles. The molecule has 0 aliphatic carbocycles. The van der Waals surface area contributed by atoms with E-state index in [0.29, 0.717) is 12.0 Å². The van der Waals surface area contributed by atoms with Gasteiger partial charge in [-0.1, -0.05) is 81.4 Å². The highest BCUT2D eigenvalue weighted by Crippen LogP contribution is 2.52. The van der Waals surface area contributed by atoms with Gasteiger partial charge < -0.3 is 4.74 Å². The molecule has 2 nitrogen and oxygen atoms in total. The molecule has 1 aromatic rings. The number of hydrogen-bond acceptors (Lipinski definition) is 2. The molecule has 1 aliphatic rings. The molecule has 0 radical (unpaired) electrons. The Balaban J connectivity index is 0.00000112. The molecule has 2 rings (SSSR count). The van der Waals surface area contributed by atoms with Gasteiger partial charge in [-0.2, -0.15) is 0 Å². The van der Waals surface area contributed by atoms with E-state index in [-0.39, 0.29) is 16.6 Å². The molecule has 1 aromatic carbocycles. The minimum Gasteiger partial charge on any atom is -0.485 e. The number of ketones is 1. The zero-order valence-corrected chi connectivity index (χ0v) is 16.8. The van der Waals surface area contributed by atoms with E-state index >= 15 is 0 Å². The van der Waals surface area contributed by atoms with Crippen LogP contribution in [0.5, 0.6) is 5.75 Å². The Kier molecular flexibility index (Phi) is 7.53. The first-order chi connectivity index (χ1) is 10.6. The molecule has 132 valence electrons. The van der Waals surface area contributed by atoms with E-state index in [1.54, 1.807) is 0 Å². The fraction of sp³-hybridized carbons (Fsp3) is 0.667. The number of para-hydroxylation sites is 1. The van der Waals surface area contributed by atoms with E-state index in [1.807, 2.05) is 52.0 Å². The van der Waals surface area contributed by atoms with Crippen molar-refractivity contribution in [3.05, 3.63) is 29.8 Å². The molecular formula is C21H36O2. The van der Waals surface area contributed by atoms with Gasteiger partial charge in [0.1, 0.15) is 11.4 Å². The average Bonchev–Trinajstić information content (AvgIpc) is 2.49. The minimum atomic E-state index is -0.481. The number of carbonyl (C=O) groups is 1. The van der Waals surface area contributed by atoms with Gasteiger partial charge >= 0.3 is 0 Å². The largest absolute Gasteiger partial charge is 0.485 e. The standard InChI is InChI=1S/C17H24O2.2C2H6/c1-15(2,3)17(16(4,5)6)11-13(18)12-9-7-8-10-14(12)19-17;2*1-2/h7-10H,11H2,1-6H3;2*1-2H3. The maximum absolute atomic E-state index is 12.5. The summed E-state index contributed by atoms with van der Waals surface area (Å²) in [6.07, 6.45) is 0.441. The molecule has 0 amide bonds. The van der Waals surface area contributed by atoms with Crippen LogP contribution in [0.3, 0.4) is 0 Å². The normalized spacial score (nSPS) is 16.0. The molecule has 0 saturated carbocycles. The Morgan fingerprint density at radius 2 is 1.30 bits per heavy atom. The summed E-state index contributed by atoms with van der Waals surface area (Å²) in [6, 6.07) is 7.57. The van der Waals surface area contributed by atoms with Crippen molar-refractivity contribution in [2.45, 2.75) is 81.3 Å². The Morgan fingerprint density at radius 1 is 0.870 bits per heavy atom. The van der Waals surface area contributed by atoms with Crippen LogP contribution in [0.2, 0.25) is 0 Å². The summed E-state index contributed by atoms with van der Waals surface area (Å²) in [4.78, 5) is 12.5. The number of ether oxygens (including phenoxy) is 1. The number of benzene rings is 1. The van der Waals surface area contributed by atoms with Crippen molar-refractivity contribution < 1.29 is 9.53 Å². The maximum Gasteiger partial charge on any atom is 0.170 e. The van der Waals surface area contributed by atoms with Gasteiger partial charge in [0.25, 0.3) is 0 Å². The van der Waals surface area contributed by atoms with Gasteiger partial charge in [-0.3, -0.25) is 4.79 Å². The van der Waals surface area contributed by atoms with Crippen molar-refractivity contribution in [3.8, 4) is 5.75 Å². The third-order valence-corrected chi connectivity index (χ3v) is 4.30. The van der Waals surface area contributed by atoms with E-state index in [0.717, 1.165) is 5.75 Å². The third-order valence-electron chi connectivity index (χ3n) is 4.30. The van der Waals surface area contributed by atoms with Crippen molar-refractivity contribution in [2.24, 2.45) is 10.8 Å². The van der Waals surface area contributed by atoms with Gasteiger partial charge in [-0.05, 0) is 12.1 Å². The molecule has 0 atom stereocenters. The summed E-state index contributed by atoms with van der Waals surface area (Å²) >= 11 is 0. The first-order valence-corrected chi connectivity index (χ1v) is 8.90. The summed E-state index contributed by atoms with van der Waals surface area (Å²) in [5.74, 6) is 0.912. The van der Waals surface area contributed by atoms with E-state index in [2.05, 4.69) is 41.5 Å². The fourth-order valence-electron chi connectivity index (χ4n) is 3.29. The predicted octanol–water partition coefficient (Wildman–Crippen LogP) is 6.54. The van der Waals surface area contributed by atoms with E-state index in [4.69, 9.17) is 4.74 Å². The molecule has 0 bridgehead atoms. The third kappa shape index (κ3) is 4.16. The Hall–Kier alpha value is -1.31. The molecule has 1 aliphatic heterocycles. The summed E-state index contributed by atoms with van der Waals surface area (Å²) in [5, 5.41) is 0. The lowest BCUT2D eigenvalue weighted by Crippen LogP contribution is -2.60. The van der Waals surface area contributed by atoms with Gasteiger partial charge in [0.15, 0.2) is 5.78 Å². The van der Waals surface area contributed by atoms with Crippen LogP contribution in [0, 0.1) is 10.8 Å². The molecule has 23 heavy (non-hydrogen) atoms. The molecule has 0 spiro atoms. The second kappa shape index (κ2) is 7.99. The van der Waals surface area contributed by atoms with Crippen molar-refractivity contribution in [2.75, 3.05) is 0 Å². The molecule has 2 heteroatoms. The van der Waals surface area contributed by atoms with Crippen molar-refractivity contribution >= 4 is 5.78 Å². The zero-order valence-electron chi connectivity index (χ0n) is 16.8. The molecule has 0 N–H and O–H groups in total. The van der Waals surface area contributed by atoms with Crippen LogP contribution in [0.1, 0.15) is 86.0 Å². The smallest absolute Gasteiger partial charge is 0.170 e. The van der Waals surface area contributed by atoms with Crippen molar-refractivity contribution in [1.29, 1.82) is 0 Å². The molecule has 0 aromatic heterocycles. The van der Waals surface area contributed by atoms with Crippen molar-refractivity contribution in [3.63, 3.8) is 0 Å². The lowest BCUT2D eigenvalue weighted by molar-refractivity contribution is -0.117. The lowest BCUT2D eigenvalue weighted by Gasteiger charge is -2.54. The number of rotatable bonds is 0. The monoisotopic (exact) mass is 320 g/mol. The van der Waals surface area contributed by atoms with Crippen molar-refractivity contribution in [1.82, 2.24) is 0 Å². The minimum absolute atomic E-state index is 0.117. The number of hydrogen-bond donors (Lipinski definition) is 0. The Morgan fingerprint density at radius 3 is 1.74 bits per heavy atom. The van der Waals surface area contributed by atoms with Crippen LogP contribution in [-0.4, -0.2) is 11.4 Å². The van der Waals surface area contributed by atoms with Gasteiger partial charge in [0.2, 0.25) is 0 Å². The SMILES string of the molecule is CC.CC.CC(C)(C)C1(C(C)(C)C)CC(=O)c2ccccc2O1. The summed E-state index contributed by atoms with van der Waals surface area (Å²) in [7, 11) is 0. The van der Waals surface area contributed by atoms with Gasteiger partial charge in [0, 0.05) is 10.8 Å². The predicted molar refractivity (Wildman–Crippen MR) is 100 cm³/mol. The lowest BCUT2D eigenvalue weighted by atomic mass is 9.59. The van der Waals surface area contributed by atoms with E-state index < -0.39 is 5.60 Å². The van der Waals surface area contributed by atoms with Crippen LogP contribution in [0.25, 0.3) is 0 Å². The summed E-state index contributed by atoms with van der Waals surface area (Å²) < 4.78 is 6.40. The van der Waals surface area contributed by atoms with Gasteiger partial charge in [-0.15, -0.1) is 0 Å². The molecule has 0 unspecified atom stereocenters. The molecule has 0 fully saturated rings.